The van der Waals surface area contributed by atoms with E-state index in [-0.39, 0.29) is 0 Å². The summed E-state index contributed by atoms with van der Waals surface area (Å²) >= 11 is 17.9. The Morgan fingerprint density at radius 3 is 2.25 bits per heavy atom. The molecule has 0 N–H and O–H groups in total. The van der Waals surface area contributed by atoms with E-state index in [9.17, 15) is 0 Å². The lowest BCUT2D eigenvalue weighted by atomic mass is 10.2. The lowest BCUT2D eigenvalue weighted by molar-refractivity contribution is 0.660. The molecule has 12 heavy (non-hydrogen) atoms. The maximum atomic E-state index is 5.73. The minimum absolute atomic E-state index is 1.02. The molecule has 0 saturated heterocycles. The molecule has 0 nitrogen and oxygen atoms in total. The molecule has 0 unspecified atom stereocenters. The van der Waals surface area contributed by atoms with Crippen molar-refractivity contribution >= 4 is 49.6 Å². The summed E-state index contributed by atoms with van der Waals surface area (Å²) in [5.41, 5.74) is 0. The van der Waals surface area contributed by atoms with Gasteiger partial charge in [0.1, 0.15) is 0 Å². The highest BCUT2D eigenvalue weighted by molar-refractivity contribution is 8.85. The van der Waals surface area contributed by atoms with Crippen molar-refractivity contribution < 1.29 is 0 Å². The Morgan fingerprint density at radius 2 is 1.75 bits per heavy atom. The molecule has 0 atom stereocenters. The van der Waals surface area contributed by atoms with Crippen LogP contribution in [0.15, 0.2) is 0 Å². The Balaban J connectivity index is 3.06. The zero-order chi connectivity index (χ0) is 9.45. The van der Waals surface area contributed by atoms with Crippen molar-refractivity contribution in [2.24, 2.45) is 0 Å². The predicted octanol–water partition coefficient (Wildman–Crippen LogP) is 5.39. The Hall–Kier alpha value is 1.58. The van der Waals surface area contributed by atoms with Crippen LogP contribution >= 0.6 is 37.8 Å². The minimum atomic E-state index is -2.03. The zero-order valence-electron chi connectivity index (χ0n) is 7.26. The second kappa shape index (κ2) is 7.94. The van der Waals surface area contributed by atoms with Gasteiger partial charge >= 0.3 is 0 Å². The van der Waals surface area contributed by atoms with Crippen LogP contribution in [0.2, 0.25) is 0 Å². The van der Waals surface area contributed by atoms with Crippen LogP contribution in [0.5, 0.6) is 0 Å². The van der Waals surface area contributed by atoms with Gasteiger partial charge in [-0.2, -0.15) is 0 Å². The Kier molecular flexibility index (Phi) is 8.98. The molecule has 0 heterocycles. The first-order chi connectivity index (χ1) is 5.56. The molecule has 0 aromatic heterocycles. The lowest BCUT2D eigenvalue weighted by Crippen LogP contribution is -1.79. The SMILES string of the molecule is CCCCCCCSP(=S)(Cl)Cl. The van der Waals surface area contributed by atoms with Gasteiger partial charge in [0.2, 0.25) is 0 Å². The maximum Gasteiger partial charge on any atom is 0.171 e. The third-order valence-corrected chi connectivity index (χ3v) is 6.42. The van der Waals surface area contributed by atoms with Gasteiger partial charge in [-0.05, 0) is 6.42 Å². The first-order valence-electron chi connectivity index (χ1n) is 4.20. The van der Waals surface area contributed by atoms with E-state index in [1.54, 1.807) is 11.4 Å². The molecule has 0 aliphatic rings. The summed E-state index contributed by atoms with van der Waals surface area (Å²) in [7, 11) is 0. The van der Waals surface area contributed by atoms with Gasteiger partial charge in [0.25, 0.3) is 0 Å². The highest BCUT2D eigenvalue weighted by Crippen LogP contribution is 2.68. The molecule has 0 bridgehead atoms. The van der Waals surface area contributed by atoms with Gasteiger partial charge in [0.15, 0.2) is 3.95 Å². The topological polar surface area (TPSA) is 0 Å². The molecule has 0 amide bonds. The van der Waals surface area contributed by atoms with Crippen LogP contribution in [-0.4, -0.2) is 5.75 Å². The summed E-state index contributed by atoms with van der Waals surface area (Å²) in [5, 5.41) is 0. The zero-order valence-corrected chi connectivity index (χ0v) is 11.3. The van der Waals surface area contributed by atoms with Crippen LogP contribution in [0.4, 0.5) is 0 Å². The standard InChI is InChI=1S/C7H15Cl2PS2/c1-2-3-4-5-6-7-12-10(8,9)11/h2-7H2,1H3. The fraction of sp³-hybridized carbons (Fsp3) is 1.00. The van der Waals surface area contributed by atoms with E-state index in [0.29, 0.717) is 0 Å². The van der Waals surface area contributed by atoms with Crippen molar-refractivity contribution in [2.75, 3.05) is 5.75 Å². The summed E-state index contributed by atoms with van der Waals surface area (Å²) in [6.07, 6.45) is 6.42. The van der Waals surface area contributed by atoms with Gasteiger partial charge in [0.05, 0.1) is 0 Å². The molecular weight excluding hydrogens is 250 g/mol. The molecule has 0 aliphatic carbocycles. The van der Waals surface area contributed by atoms with Crippen molar-refractivity contribution in [1.82, 2.24) is 0 Å². The number of hydrogen-bond donors (Lipinski definition) is 0. The third kappa shape index (κ3) is 11.6. The quantitative estimate of drug-likeness (QED) is 0.447. The highest BCUT2D eigenvalue weighted by atomic mass is 35.9. The van der Waals surface area contributed by atoms with Gasteiger partial charge < -0.3 is 0 Å². The molecule has 0 fully saturated rings. The number of halogens is 2. The van der Waals surface area contributed by atoms with Gasteiger partial charge in [0, 0.05) is 5.75 Å². The largest absolute Gasteiger partial charge is 0.171 e. The van der Waals surface area contributed by atoms with E-state index in [2.05, 4.69) is 6.92 Å². The maximum absolute atomic E-state index is 5.73. The summed E-state index contributed by atoms with van der Waals surface area (Å²) in [6.45, 7) is 2.21. The molecule has 0 saturated carbocycles. The summed E-state index contributed by atoms with van der Waals surface area (Å²) < 4.78 is -2.03. The van der Waals surface area contributed by atoms with E-state index in [0.717, 1.165) is 5.75 Å². The third-order valence-electron chi connectivity index (χ3n) is 1.49. The monoisotopic (exact) mass is 264 g/mol. The smallest absolute Gasteiger partial charge is 0.0948 e. The van der Waals surface area contributed by atoms with Crippen LogP contribution < -0.4 is 0 Å². The van der Waals surface area contributed by atoms with Crippen LogP contribution in [0, 0.1) is 0 Å². The fourth-order valence-corrected chi connectivity index (χ4v) is 4.36. The Labute approximate surface area is 94.1 Å². The summed E-state index contributed by atoms with van der Waals surface area (Å²) in [6, 6.07) is 0. The molecular formula is C7H15Cl2PS2. The van der Waals surface area contributed by atoms with E-state index < -0.39 is 3.95 Å². The normalized spacial score (nSPS) is 11.9. The first-order valence-corrected chi connectivity index (χ1v) is 10.4. The van der Waals surface area contributed by atoms with E-state index >= 15 is 0 Å². The average Bonchev–Trinajstić information content (AvgIpc) is 1.94. The molecule has 74 valence electrons. The van der Waals surface area contributed by atoms with E-state index in [1.807, 2.05) is 0 Å². The van der Waals surface area contributed by atoms with Crippen molar-refractivity contribution in [3.8, 4) is 0 Å². The molecule has 0 spiro atoms. The molecule has 5 heteroatoms. The van der Waals surface area contributed by atoms with Gasteiger partial charge in [-0.1, -0.05) is 78.3 Å². The Bertz CT molecular complexity index is 146. The van der Waals surface area contributed by atoms with Crippen molar-refractivity contribution in [3.63, 3.8) is 0 Å². The van der Waals surface area contributed by atoms with E-state index in [4.69, 9.17) is 34.3 Å². The average molecular weight is 265 g/mol. The number of hydrogen-bond acceptors (Lipinski definition) is 2. The predicted molar refractivity (Wildman–Crippen MR) is 67.2 cm³/mol. The van der Waals surface area contributed by atoms with Crippen molar-refractivity contribution in [3.05, 3.63) is 0 Å². The minimum Gasteiger partial charge on any atom is -0.0948 e. The van der Waals surface area contributed by atoms with Crippen LogP contribution in [0.1, 0.15) is 39.0 Å². The van der Waals surface area contributed by atoms with Crippen LogP contribution in [-0.2, 0) is 11.8 Å². The van der Waals surface area contributed by atoms with E-state index in [1.165, 1.54) is 32.1 Å². The van der Waals surface area contributed by atoms with Crippen LogP contribution in [0.3, 0.4) is 0 Å². The molecule has 0 rings (SSSR count). The second-order valence-electron chi connectivity index (χ2n) is 2.66. The van der Waals surface area contributed by atoms with Gasteiger partial charge in [-0.15, -0.1) is 0 Å². The molecule has 0 aromatic rings. The molecule has 0 radical (unpaired) electrons. The highest BCUT2D eigenvalue weighted by Gasteiger charge is 2.07. The summed E-state index contributed by atoms with van der Waals surface area (Å²) in [5.74, 6) is 1.02. The number of rotatable bonds is 7. The Morgan fingerprint density at radius 1 is 1.17 bits per heavy atom. The molecule has 0 aromatic carbocycles. The lowest BCUT2D eigenvalue weighted by Gasteiger charge is -2.03. The first kappa shape index (κ1) is 13.6. The molecule has 0 aliphatic heterocycles. The second-order valence-corrected chi connectivity index (χ2v) is 14.9. The van der Waals surface area contributed by atoms with Gasteiger partial charge in [-0.3, -0.25) is 0 Å². The number of unbranched alkanes of at least 4 members (excludes halogenated alkanes) is 4. The van der Waals surface area contributed by atoms with Crippen molar-refractivity contribution in [2.45, 2.75) is 39.0 Å². The summed E-state index contributed by atoms with van der Waals surface area (Å²) in [4.78, 5) is 0. The van der Waals surface area contributed by atoms with Crippen LogP contribution in [0.25, 0.3) is 0 Å². The van der Waals surface area contributed by atoms with Gasteiger partial charge in [-0.25, -0.2) is 0 Å². The fourth-order valence-electron chi connectivity index (χ4n) is 0.876. The van der Waals surface area contributed by atoms with Crippen molar-refractivity contribution in [1.29, 1.82) is 0 Å².